The highest BCUT2D eigenvalue weighted by atomic mass is 15.2. The Balaban J connectivity index is 2.21. The second kappa shape index (κ2) is 8.10. The molecule has 0 radical (unpaired) electrons. The zero-order chi connectivity index (χ0) is 17.5. The molecule has 3 N–H and O–H groups in total. The van der Waals surface area contributed by atoms with Gasteiger partial charge in [-0.1, -0.05) is 29.8 Å². The molecule has 0 spiro atoms. The molecular formula is C18H24N6. The summed E-state index contributed by atoms with van der Waals surface area (Å²) in [6.07, 6.45) is 3.94. The van der Waals surface area contributed by atoms with Crippen LogP contribution < -0.4 is 16.0 Å². The Morgan fingerprint density at radius 1 is 1.17 bits per heavy atom. The first kappa shape index (κ1) is 17.5. The maximum Gasteiger partial charge on any atom is 0.232 e. The van der Waals surface area contributed by atoms with Crippen LogP contribution in [0.1, 0.15) is 26.6 Å². The van der Waals surface area contributed by atoms with Crippen molar-refractivity contribution in [3.63, 3.8) is 0 Å². The number of anilines is 3. The zero-order valence-corrected chi connectivity index (χ0v) is 14.6. The molecule has 0 atom stereocenters. The average molecular weight is 324 g/mol. The Hall–Kier alpha value is -2.89. The number of para-hydroxylation sites is 1. The van der Waals surface area contributed by atoms with Crippen molar-refractivity contribution in [2.45, 2.75) is 27.3 Å². The molecule has 1 aromatic carbocycles. The van der Waals surface area contributed by atoms with Gasteiger partial charge in [0.05, 0.1) is 6.54 Å². The number of nitrogens with one attached hydrogen (secondary N) is 1. The van der Waals surface area contributed by atoms with Gasteiger partial charge in [0, 0.05) is 18.4 Å². The minimum atomic E-state index is 0.206. The summed E-state index contributed by atoms with van der Waals surface area (Å²) >= 11 is 0. The number of nitrogens with two attached hydrogens (primary N) is 1. The van der Waals surface area contributed by atoms with Gasteiger partial charge in [0.1, 0.15) is 0 Å². The minimum Gasteiger partial charge on any atom is -0.368 e. The van der Waals surface area contributed by atoms with Crippen LogP contribution in [0.15, 0.2) is 53.8 Å². The van der Waals surface area contributed by atoms with Crippen molar-refractivity contribution >= 4 is 17.6 Å². The second-order valence-corrected chi connectivity index (χ2v) is 5.66. The maximum atomic E-state index is 5.84. The summed E-state index contributed by atoms with van der Waals surface area (Å²) in [5.41, 5.74) is 9.02. The summed E-state index contributed by atoms with van der Waals surface area (Å²) in [4.78, 5) is 15.0. The van der Waals surface area contributed by atoms with Gasteiger partial charge in [0.15, 0.2) is 5.82 Å². The molecule has 0 fully saturated rings. The highest BCUT2D eigenvalue weighted by Gasteiger charge is 2.09. The fourth-order valence-electron chi connectivity index (χ4n) is 2.17. The second-order valence-electron chi connectivity index (χ2n) is 5.66. The third-order valence-electron chi connectivity index (χ3n) is 3.39. The summed E-state index contributed by atoms with van der Waals surface area (Å²) in [6.45, 7) is 6.56. The van der Waals surface area contributed by atoms with Gasteiger partial charge < -0.3 is 16.0 Å². The summed E-state index contributed by atoms with van der Waals surface area (Å²) in [5, 5.41) is 3.21. The predicted octanol–water partition coefficient (Wildman–Crippen LogP) is 3.37. The van der Waals surface area contributed by atoms with Crippen molar-refractivity contribution in [3.8, 4) is 0 Å². The first-order chi connectivity index (χ1) is 11.5. The number of hydrogen-bond acceptors (Lipinski definition) is 6. The quantitative estimate of drug-likeness (QED) is 0.793. The van der Waals surface area contributed by atoms with E-state index < -0.39 is 0 Å². The third kappa shape index (κ3) is 4.81. The highest BCUT2D eigenvalue weighted by molar-refractivity contribution is 5.46. The molecule has 6 heteroatoms. The maximum absolute atomic E-state index is 5.84. The average Bonchev–Trinajstić information content (AvgIpc) is 2.54. The smallest absolute Gasteiger partial charge is 0.232 e. The van der Waals surface area contributed by atoms with Crippen molar-refractivity contribution in [1.29, 1.82) is 0 Å². The molecule has 0 unspecified atom stereocenters. The lowest BCUT2D eigenvalue weighted by Gasteiger charge is -2.18. The van der Waals surface area contributed by atoms with E-state index in [1.807, 2.05) is 70.3 Å². The highest BCUT2D eigenvalue weighted by Crippen LogP contribution is 2.15. The molecule has 1 heterocycles. The number of nitrogens with zero attached hydrogens (tertiary/aromatic N) is 4. The number of aromatic nitrogens is 3. The largest absolute Gasteiger partial charge is 0.368 e. The number of rotatable bonds is 6. The SMILES string of the molecule is C/C=C\C(Nc1nc(N)nc(CN(C)c2ccccc2)n1)=C(C)C. The van der Waals surface area contributed by atoms with Crippen molar-refractivity contribution < 1.29 is 0 Å². The van der Waals surface area contributed by atoms with E-state index in [1.165, 1.54) is 0 Å². The van der Waals surface area contributed by atoms with Crippen molar-refractivity contribution in [2.75, 3.05) is 23.0 Å². The number of benzene rings is 1. The fourth-order valence-corrected chi connectivity index (χ4v) is 2.17. The van der Waals surface area contributed by atoms with E-state index in [0.29, 0.717) is 18.3 Å². The van der Waals surface area contributed by atoms with Crippen molar-refractivity contribution in [1.82, 2.24) is 15.0 Å². The standard InChI is InChI=1S/C18H24N6/c1-5-9-15(13(2)3)20-18-22-16(21-17(19)23-18)12-24(4)14-10-7-6-8-11-14/h5-11H,12H2,1-4H3,(H3,19,20,21,22,23)/b9-5-. The van der Waals surface area contributed by atoms with E-state index >= 15 is 0 Å². The van der Waals surface area contributed by atoms with Gasteiger partial charge in [-0.2, -0.15) is 15.0 Å². The van der Waals surface area contributed by atoms with Gasteiger partial charge in [0.2, 0.25) is 11.9 Å². The summed E-state index contributed by atoms with van der Waals surface area (Å²) < 4.78 is 0. The lowest BCUT2D eigenvalue weighted by Crippen LogP contribution is -2.20. The van der Waals surface area contributed by atoms with Crippen molar-refractivity contribution in [2.24, 2.45) is 0 Å². The number of allylic oxidation sites excluding steroid dienone is 3. The van der Waals surface area contributed by atoms with E-state index in [0.717, 1.165) is 17.0 Å². The molecule has 0 saturated heterocycles. The van der Waals surface area contributed by atoms with Gasteiger partial charge in [-0.15, -0.1) is 0 Å². The summed E-state index contributed by atoms with van der Waals surface area (Å²) in [7, 11) is 1.99. The molecule has 126 valence electrons. The van der Waals surface area contributed by atoms with Gasteiger partial charge in [-0.25, -0.2) is 0 Å². The number of hydrogen-bond donors (Lipinski definition) is 2. The monoisotopic (exact) mass is 324 g/mol. The Labute approximate surface area is 143 Å². The Bertz CT molecular complexity index is 732. The topological polar surface area (TPSA) is 80.0 Å². The molecule has 0 saturated carbocycles. The summed E-state index contributed by atoms with van der Waals surface area (Å²) in [6, 6.07) is 10.1. The summed E-state index contributed by atoms with van der Waals surface area (Å²) in [5.74, 6) is 1.27. The molecular weight excluding hydrogens is 300 g/mol. The zero-order valence-electron chi connectivity index (χ0n) is 14.6. The van der Waals surface area contributed by atoms with Crippen molar-refractivity contribution in [3.05, 3.63) is 59.6 Å². The lowest BCUT2D eigenvalue weighted by molar-refractivity contribution is 0.827. The molecule has 0 bridgehead atoms. The van der Waals surface area contributed by atoms with E-state index in [4.69, 9.17) is 5.73 Å². The molecule has 2 aromatic rings. The van der Waals surface area contributed by atoms with Crippen LogP contribution in [0.3, 0.4) is 0 Å². The van der Waals surface area contributed by atoms with Crippen LogP contribution in [0.25, 0.3) is 0 Å². The molecule has 1 aromatic heterocycles. The van der Waals surface area contributed by atoms with Gasteiger partial charge >= 0.3 is 0 Å². The van der Waals surface area contributed by atoms with Crippen LogP contribution in [-0.4, -0.2) is 22.0 Å². The molecule has 0 aliphatic rings. The third-order valence-corrected chi connectivity index (χ3v) is 3.39. The number of nitrogen functional groups attached to an aromatic ring is 1. The molecule has 24 heavy (non-hydrogen) atoms. The van der Waals surface area contributed by atoms with E-state index in [2.05, 4.69) is 25.2 Å². The van der Waals surface area contributed by atoms with Gasteiger partial charge in [0.25, 0.3) is 0 Å². The lowest BCUT2D eigenvalue weighted by atomic mass is 10.2. The minimum absolute atomic E-state index is 0.206. The van der Waals surface area contributed by atoms with Gasteiger partial charge in [-0.3, -0.25) is 0 Å². The van der Waals surface area contributed by atoms with E-state index in [9.17, 15) is 0 Å². The Kier molecular flexibility index (Phi) is 5.89. The molecule has 0 aliphatic carbocycles. The predicted molar refractivity (Wildman–Crippen MR) is 99.6 cm³/mol. The van der Waals surface area contributed by atoms with Crippen LogP contribution in [0.2, 0.25) is 0 Å². The van der Waals surface area contributed by atoms with Crippen LogP contribution in [0.4, 0.5) is 17.6 Å². The van der Waals surface area contributed by atoms with Crippen LogP contribution in [0, 0.1) is 0 Å². The Morgan fingerprint density at radius 3 is 2.50 bits per heavy atom. The normalized spacial score (nSPS) is 10.7. The molecule has 2 rings (SSSR count). The van der Waals surface area contributed by atoms with Crippen LogP contribution in [0.5, 0.6) is 0 Å². The van der Waals surface area contributed by atoms with E-state index in [1.54, 1.807) is 0 Å². The Morgan fingerprint density at radius 2 is 1.88 bits per heavy atom. The van der Waals surface area contributed by atoms with E-state index in [-0.39, 0.29) is 5.95 Å². The molecule has 6 nitrogen and oxygen atoms in total. The van der Waals surface area contributed by atoms with Crippen LogP contribution >= 0.6 is 0 Å². The van der Waals surface area contributed by atoms with Crippen LogP contribution in [-0.2, 0) is 6.54 Å². The first-order valence-corrected chi connectivity index (χ1v) is 7.83. The molecule has 0 aliphatic heterocycles. The molecule has 0 amide bonds. The first-order valence-electron chi connectivity index (χ1n) is 7.83. The van der Waals surface area contributed by atoms with Gasteiger partial charge in [-0.05, 0) is 39.0 Å². The fraction of sp³-hybridized carbons (Fsp3) is 0.278.